The first-order valence-corrected chi connectivity index (χ1v) is 5.41. The molecule has 0 saturated carbocycles. The lowest BCUT2D eigenvalue weighted by Gasteiger charge is -2.18. The molecule has 1 N–H and O–H groups in total. The largest absolute Gasteiger partial charge is 0.354 e. The zero-order valence-electron chi connectivity index (χ0n) is 8.49. The van der Waals surface area contributed by atoms with Gasteiger partial charge in [-0.15, -0.1) is 0 Å². The number of nitrogens with zero attached hydrogens (tertiary/aromatic N) is 2. The zero-order chi connectivity index (χ0) is 10.3. The molecule has 0 aliphatic carbocycles. The third-order valence-electron chi connectivity index (χ3n) is 3.43. The van der Waals surface area contributed by atoms with Crippen LogP contribution in [-0.2, 0) is 0 Å². The summed E-state index contributed by atoms with van der Waals surface area (Å²) in [6.45, 7) is 4.00. The lowest BCUT2D eigenvalue weighted by atomic mass is 10.0. The van der Waals surface area contributed by atoms with E-state index in [4.69, 9.17) is 0 Å². The highest BCUT2D eigenvalue weighted by Crippen LogP contribution is 2.30. The minimum atomic E-state index is -0.203. The van der Waals surface area contributed by atoms with E-state index in [-0.39, 0.29) is 5.82 Å². The summed E-state index contributed by atoms with van der Waals surface area (Å²) in [5, 5.41) is 3.37. The Morgan fingerprint density at radius 3 is 2.73 bits per heavy atom. The molecule has 2 saturated heterocycles. The normalized spacial score (nSPS) is 29.5. The standard InChI is InChI=1S/C11H14FN3/c12-10-2-1-3-14-11(10)15-6-8-4-13-5-9(8)7-15/h1-3,8-9,13H,4-7H2/t8-,9+. The average molecular weight is 207 g/mol. The summed E-state index contributed by atoms with van der Waals surface area (Å²) in [4.78, 5) is 6.19. The number of nitrogens with one attached hydrogen (secondary N) is 1. The summed E-state index contributed by atoms with van der Waals surface area (Å²) < 4.78 is 13.5. The Morgan fingerprint density at radius 1 is 1.33 bits per heavy atom. The van der Waals surface area contributed by atoms with Gasteiger partial charge in [0.2, 0.25) is 0 Å². The fourth-order valence-electron chi connectivity index (χ4n) is 2.64. The molecule has 0 amide bonds. The van der Waals surface area contributed by atoms with E-state index in [1.165, 1.54) is 6.07 Å². The van der Waals surface area contributed by atoms with Crippen molar-refractivity contribution in [3.63, 3.8) is 0 Å². The molecule has 1 aromatic heterocycles. The van der Waals surface area contributed by atoms with Crippen molar-refractivity contribution in [2.75, 3.05) is 31.1 Å². The van der Waals surface area contributed by atoms with Crippen molar-refractivity contribution in [2.24, 2.45) is 11.8 Å². The van der Waals surface area contributed by atoms with Gasteiger partial charge in [-0.3, -0.25) is 0 Å². The van der Waals surface area contributed by atoms with Crippen molar-refractivity contribution in [1.29, 1.82) is 0 Å². The van der Waals surface area contributed by atoms with Gasteiger partial charge in [-0.05, 0) is 24.0 Å². The Labute approximate surface area is 88.3 Å². The molecule has 3 nitrogen and oxygen atoms in total. The van der Waals surface area contributed by atoms with E-state index in [2.05, 4.69) is 15.2 Å². The third kappa shape index (κ3) is 1.49. The van der Waals surface area contributed by atoms with Crippen molar-refractivity contribution < 1.29 is 4.39 Å². The van der Waals surface area contributed by atoms with Crippen molar-refractivity contribution >= 4 is 5.82 Å². The minimum Gasteiger partial charge on any atom is -0.354 e. The van der Waals surface area contributed by atoms with Gasteiger partial charge in [0.05, 0.1) is 0 Å². The lowest BCUT2D eigenvalue weighted by molar-refractivity contribution is 0.533. The van der Waals surface area contributed by atoms with Gasteiger partial charge in [0, 0.05) is 32.4 Å². The summed E-state index contributed by atoms with van der Waals surface area (Å²) >= 11 is 0. The van der Waals surface area contributed by atoms with Crippen LogP contribution in [0, 0.1) is 17.7 Å². The number of fused-ring (bicyclic) bond motifs is 1. The predicted octanol–water partition coefficient (Wildman–Crippen LogP) is 0.876. The van der Waals surface area contributed by atoms with E-state index in [0.29, 0.717) is 17.7 Å². The molecule has 3 heterocycles. The van der Waals surface area contributed by atoms with E-state index >= 15 is 0 Å². The summed E-state index contributed by atoms with van der Waals surface area (Å²) in [7, 11) is 0. The first-order valence-electron chi connectivity index (χ1n) is 5.41. The zero-order valence-corrected chi connectivity index (χ0v) is 8.49. The average Bonchev–Trinajstić information content (AvgIpc) is 2.77. The highest BCUT2D eigenvalue weighted by atomic mass is 19.1. The van der Waals surface area contributed by atoms with E-state index in [9.17, 15) is 4.39 Å². The topological polar surface area (TPSA) is 28.2 Å². The molecule has 2 aliphatic heterocycles. The van der Waals surface area contributed by atoms with Crippen molar-refractivity contribution in [3.05, 3.63) is 24.1 Å². The summed E-state index contributed by atoms with van der Waals surface area (Å²) in [5.74, 6) is 1.66. The quantitative estimate of drug-likeness (QED) is 0.741. The Morgan fingerprint density at radius 2 is 2.07 bits per heavy atom. The van der Waals surface area contributed by atoms with E-state index < -0.39 is 0 Å². The number of halogens is 1. The van der Waals surface area contributed by atoms with Crippen LogP contribution in [0.1, 0.15) is 0 Å². The molecule has 0 spiro atoms. The molecule has 0 bridgehead atoms. The Kier molecular flexibility index (Phi) is 2.09. The number of rotatable bonds is 1. The fourth-order valence-corrected chi connectivity index (χ4v) is 2.64. The van der Waals surface area contributed by atoms with Crippen LogP contribution in [0.4, 0.5) is 10.2 Å². The molecule has 2 fully saturated rings. The molecule has 0 aromatic carbocycles. The lowest BCUT2D eigenvalue weighted by Crippen LogP contribution is -2.26. The van der Waals surface area contributed by atoms with Crippen LogP contribution in [0.15, 0.2) is 18.3 Å². The Bertz CT molecular complexity index is 357. The Hall–Kier alpha value is -1.16. The van der Waals surface area contributed by atoms with Crippen LogP contribution in [0.2, 0.25) is 0 Å². The molecule has 0 radical (unpaired) electrons. The molecular formula is C11H14FN3. The molecular weight excluding hydrogens is 193 g/mol. The van der Waals surface area contributed by atoms with Crippen LogP contribution in [0.25, 0.3) is 0 Å². The van der Waals surface area contributed by atoms with Crippen molar-refractivity contribution in [2.45, 2.75) is 0 Å². The maximum Gasteiger partial charge on any atom is 0.165 e. The molecule has 2 aliphatic rings. The monoisotopic (exact) mass is 207 g/mol. The van der Waals surface area contributed by atoms with Gasteiger partial charge in [-0.1, -0.05) is 0 Å². The molecule has 0 unspecified atom stereocenters. The van der Waals surface area contributed by atoms with Crippen LogP contribution < -0.4 is 10.2 Å². The smallest absolute Gasteiger partial charge is 0.165 e. The molecule has 1 aromatic rings. The van der Waals surface area contributed by atoms with Crippen molar-refractivity contribution in [3.8, 4) is 0 Å². The SMILES string of the molecule is Fc1cccnc1N1C[C@H]2CNC[C@H]2C1. The molecule has 2 atom stereocenters. The predicted molar refractivity (Wildman–Crippen MR) is 56.3 cm³/mol. The van der Waals surface area contributed by atoms with Gasteiger partial charge in [0.25, 0.3) is 0 Å². The van der Waals surface area contributed by atoms with Gasteiger partial charge in [-0.25, -0.2) is 9.37 Å². The number of anilines is 1. The van der Waals surface area contributed by atoms with Gasteiger partial charge in [0.1, 0.15) is 0 Å². The minimum absolute atomic E-state index is 0.203. The molecule has 80 valence electrons. The second-order valence-corrected chi connectivity index (χ2v) is 4.39. The number of aromatic nitrogens is 1. The van der Waals surface area contributed by atoms with Gasteiger partial charge in [-0.2, -0.15) is 0 Å². The molecule has 15 heavy (non-hydrogen) atoms. The number of pyridine rings is 1. The molecule has 4 heteroatoms. The van der Waals surface area contributed by atoms with Crippen molar-refractivity contribution in [1.82, 2.24) is 10.3 Å². The second kappa shape index (κ2) is 3.45. The second-order valence-electron chi connectivity index (χ2n) is 4.39. The van der Waals surface area contributed by atoms with E-state index in [1.807, 2.05) is 0 Å². The highest BCUT2D eigenvalue weighted by Gasteiger charge is 2.37. The maximum atomic E-state index is 13.5. The van der Waals surface area contributed by atoms with Crippen LogP contribution in [0.5, 0.6) is 0 Å². The van der Waals surface area contributed by atoms with Gasteiger partial charge in [0.15, 0.2) is 11.6 Å². The van der Waals surface area contributed by atoms with Gasteiger partial charge < -0.3 is 10.2 Å². The number of hydrogen-bond acceptors (Lipinski definition) is 3. The Balaban J connectivity index is 1.82. The summed E-state index contributed by atoms with van der Waals surface area (Å²) in [6, 6.07) is 3.12. The van der Waals surface area contributed by atoms with E-state index in [1.54, 1.807) is 12.3 Å². The van der Waals surface area contributed by atoms with E-state index in [0.717, 1.165) is 26.2 Å². The van der Waals surface area contributed by atoms with Gasteiger partial charge >= 0.3 is 0 Å². The third-order valence-corrected chi connectivity index (χ3v) is 3.43. The van der Waals surface area contributed by atoms with Crippen LogP contribution >= 0.6 is 0 Å². The first kappa shape index (κ1) is 9.09. The number of hydrogen-bond donors (Lipinski definition) is 1. The van der Waals surface area contributed by atoms with Crippen LogP contribution in [0.3, 0.4) is 0 Å². The highest BCUT2D eigenvalue weighted by molar-refractivity contribution is 5.41. The summed E-state index contributed by atoms with van der Waals surface area (Å²) in [6.07, 6.45) is 1.66. The van der Waals surface area contributed by atoms with Crippen LogP contribution in [-0.4, -0.2) is 31.2 Å². The first-order chi connectivity index (χ1) is 7.34. The summed E-state index contributed by atoms with van der Waals surface area (Å²) in [5.41, 5.74) is 0. The molecule has 3 rings (SSSR count). The maximum absolute atomic E-state index is 13.5. The fraction of sp³-hybridized carbons (Fsp3) is 0.545.